The number of nitrogens with zero attached hydrogens (tertiary/aromatic N) is 5. The topological polar surface area (TPSA) is 92.6 Å². The van der Waals surface area contributed by atoms with Crippen molar-refractivity contribution >= 4 is 29.5 Å². The second-order valence-electron chi connectivity index (χ2n) is 9.12. The minimum absolute atomic E-state index is 0.0539. The number of likely N-dealkylation sites (N-methyl/N-ethyl adjacent to an activating group) is 1. The fourth-order valence-corrected chi connectivity index (χ4v) is 4.96. The van der Waals surface area contributed by atoms with Gasteiger partial charge in [0.15, 0.2) is 5.16 Å². The third-order valence-corrected chi connectivity index (χ3v) is 6.97. The molecule has 3 rings (SSSR count). The second-order valence-corrected chi connectivity index (χ2v) is 10.1. The van der Waals surface area contributed by atoms with Gasteiger partial charge in [-0.3, -0.25) is 14.2 Å². The lowest BCUT2D eigenvalue weighted by Gasteiger charge is -2.31. The molecule has 2 saturated heterocycles. The Kier molecular flexibility index (Phi) is 9.22. The van der Waals surface area contributed by atoms with Gasteiger partial charge in [-0.25, -0.2) is 0 Å². The zero-order chi connectivity index (χ0) is 23.1. The van der Waals surface area contributed by atoms with E-state index >= 15 is 0 Å². The molecule has 1 unspecified atom stereocenters. The highest BCUT2D eigenvalue weighted by Crippen LogP contribution is 2.28. The lowest BCUT2D eigenvalue weighted by atomic mass is 10.00. The molecule has 2 aliphatic heterocycles. The van der Waals surface area contributed by atoms with Gasteiger partial charge in [0.1, 0.15) is 0 Å². The van der Waals surface area contributed by atoms with Gasteiger partial charge in [0.25, 0.3) is 0 Å². The quantitative estimate of drug-likeness (QED) is 0.528. The van der Waals surface area contributed by atoms with Crippen LogP contribution >= 0.6 is 11.8 Å². The predicted molar refractivity (Wildman–Crippen MR) is 126 cm³/mol. The van der Waals surface area contributed by atoms with Gasteiger partial charge in [-0.1, -0.05) is 18.7 Å². The summed E-state index contributed by atoms with van der Waals surface area (Å²) in [6.07, 6.45) is 4.57. The van der Waals surface area contributed by atoms with E-state index in [0.29, 0.717) is 13.1 Å². The molecule has 1 aromatic heterocycles. The molecule has 0 spiro atoms. The summed E-state index contributed by atoms with van der Waals surface area (Å²) in [6.45, 7) is 12.0. The molecular formula is C22H38N6O3S. The fourth-order valence-electron chi connectivity index (χ4n) is 4.12. The van der Waals surface area contributed by atoms with Crippen molar-refractivity contribution in [2.45, 2.75) is 77.2 Å². The van der Waals surface area contributed by atoms with Crippen LogP contribution in [0.2, 0.25) is 0 Å². The molecule has 0 aromatic carbocycles. The van der Waals surface area contributed by atoms with E-state index in [-0.39, 0.29) is 36.3 Å². The number of rotatable bonds is 10. The van der Waals surface area contributed by atoms with Crippen LogP contribution < -0.4 is 10.2 Å². The van der Waals surface area contributed by atoms with Crippen LogP contribution in [0.4, 0.5) is 5.95 Å². The fraction of sp³-hybridized carbons (Fsp3) is 0.818. The number of thioether (sulfide) groups is 1. The maximum absolute atomic E-state index is 12.8. The van der Waals surface area contributed by atoms with E-state index in [9.17, 15) is 9.59 Å². The molecule has 1 aromatic rings. The van der Waals surface area contributed by atoms with Crippen LogP contribution in [-0.4, -0.2) is 82.2 Å². The Labute approximate surface area is 195 Å². The highest BCUT2D eigenvalue weighted by Gasteiger charge is 2.26. The second kappa shape index (κ2) is 11.9. The summed E-state index contributed by atoms with van der Waals surface area (Å²) < 4.78 is 8.00. The Morgan fingerprint density at radius 3 is 2.62 bits per heavy atom. The molecule has 10 heteroatoms. The van der Waals surface area contributed by atoms with Crippen LogP contribution in [0.25, 0.3) is 0 Å². The molecule has 180 valence electrons. The van der Waals surface area contributed by atoms with Crippen LogP contribution in [-0.2, 0) is 20.9 Å². The van der Waals surface area contributed by atoms with Gasteiger partial charge in [-0.2, -0.15) is 0 Å². The maximum Gasteiger partial charge on any atom is 0.239 e. The third-order valence-electron chi connectivity index (χ3n) is 6.02. The zero-order valence-electron chi connectivity index (χ0n) is 19.9. The number of anilines is 1. The maximum atomic E-state index is 12.8. The molecule has 1 N–H and O–H groups in total. The number of amides is 2. The van der Waals surface area contributed by atoms with E-state index in [1.165, 1.54) is 11.8 Å². The Bertz CT molecular complexity index is 757. The average Bonchev–Trinajstić information content (AvgIpc) is 3.41. The summed E-state index contributed by atoms with van der Waals surface area (Å²) in [5.74, 6) is 1.63. The number of ether oxygens (including phenoxy) is 1. The lowest BCUT2D eigenvalue weighted by molar-refractivity contribution is -0.134. The number of piperidine rings is 1. The predicted octanol–water partition coefficient (Wildman–Crippen LogP) is 2.16. The number of hydrogen-bond acceptors (Lipinski definition) is 7. The van der Waals surface area contributed by atoms with Gasteiger partial charge in [0.05, 0.1) is 24.9 Å². The monoisotopic (exact) mass is 466 g/mol. The molecule has 0 bridgehead atoms. The Hall–Kier alpha value is -1.81. The van der Waals surface area contributed by atoms with E-state index in [4.69, 9.17) is 4.74 Å². The molecule has 32 heavy (non-hydrogen) atoms. The summed E-state index contributed by atoms with van der Waals surface area (Å²) in [5, 5.41) is 12.5. The molecule has 0 radical (unpaired) electrons. The number of nitrogens with one attached hydrogen (secondary N) is 1. The summed E-state index contributed by atoms with van der Waals surface area (Å²) in [5.41, 5.74) is 0. The van der Waals surface area contributed by atoms with E-state index in [2.05, 4.69) is 31.9 Å². The van der Waals surface area contributed by atoms with E-state index in [1.54, 1.807) is 4.90 Å². The molecule has 0 aliphatic carbocycles. The Morgan fingerprint density at radius 2 is 2.00 bits per heavy atom. The van der Waals surface area contributed by atoms with Crippen LogP contribution in [0.3, 0.4) is 0 Å². The van der Waals surface area contributed by atoms with Crippen molar-refractivity contribution in [1.29, 1.82) is 0 Å². The van der Waals surface area contributed by atoms with Crippen molar-refractivity contribution < 1.29 is 14.3 Å². The summed E-state index contributed by atoms with van der Waals surface area (Å²) in [7, 11) is 0. The van der Waals surface area contributed by atoms with E-state index in [0.717, 1.165) is 62.4 Å². The van der Waals surface area contributed by atoms with Crippen molar-refractivity contribution in [2.24, 2.45) is 5.92 Å². The van der Waals surface area contributed by atoms with E-state index < -0.39 is 0 Å². The van der Waals surface area contributed by atoms with Crippen LogP contribution in [0, 0.1) is 5.92 Å². The molecule has 2 fully saturated rings. The summed E-state index contributed by atoms with van der Waals surface area (Å²) in [6, 6.07) is 0.0539. The molecular weight excluding hydrogens is 428 g/mol. The van der Waals surface area contributed by atoms with Crippen molar-refractivity contribution in [1.82, 2.24) is 25.0 Å². The van der Waals surface area contributed by atoms with Gasteiger partial charge in [0.2, 0.25) is 17.8 Å². The van der Waals surface area contributed by atoms with Crippen molar-refractivity contribution in [2.75, 3.05) is 43.4 Å². The van der Waals surface area contributed by atoms with Crippen molar-refractivity contribution in [3.63, 3.8) is 0 Å². The molecule has 2 aliphatic rings. The van der Waals surface area contributed by atoms with Crippen molar-refractivity contribution in [3.8, 4) is 0 Å². The molecule has 2 amide bonds. The highest BCUT2D eigenvalue weighted by atomic mass is 32.2. The minimum atomic E-state index is -0.136. The first-order valence-corrected chi connectivity index (χ1v) is 12.9. The Morgan fingerprint density at radius 1 is 1.25 bits per heavy atom. The number of carbonyl (C=O) groups is 2. The molecule has 1 atom stereocenters. The highest BCUT2D eigenvalue weighted by molar-refractivity contribution is 7.99. The third kappa shape index (κ3) is 6.84. The summed E-state index contributed by atoms with van der Waals surface area (Å²) in [4.78, 5) is 28.8. The van der Waals surface area contributed by atoms with Crippen LogP contribution in [0.15, 0.2) is 5.16 Å². The molecule has 0 saturated carbocycles. The number of hydrogen-bond donors (Lipinski definition) is 1. The van der Waals surface area contributed by atoms with Gasteiger partial charge >= 0.3 is 0 Å². The zero-order valence-corrected chi connectivity index (χ0v) is 20.7. The first-order valence-electron chi connectivity index (χ1n) is 11.9. The Balaban J connectivity index is 1.66. The summed E-state index contributed by atoms with van der Waals surface area (Å²) >= 11 is 1.39. The average molecular weight is 467 g/mol. The van der Waals surface area contributed by atoms with Crippen LogP contribution in [0.5, 0.6) is 0 Å². The first-order chi connectivity index (χ1) is 15.4. The standard InChI is InChI=1S/C22H38N6O3S/c1-5-26(14-19(29)23-16(2)3)20(30)15-32-22-25-24-21(27-10-8-17(4)9-11-27)28(22)13-18-7-6-12-31-18/h16-18H,5-15H2,1-4H3,(H,23,29). The molecule has 3 heterocycles. The van der Waals surface area contributed by atoms with Crippen LogP contribution in [0.1, 0.15) is 53.4 Å². The number of aromatic nitrogens is 3. The lowest BCUT2D eigenvalue weighted by Crippen LogP contribution is -2.43. The van der Waals surface area contributed by atoms with Gasteiger partial charge < -0.3 is 19.9 Å². The normalized spacial score (nSPS) is 19.5. The van der Waals surface area contributed by atoms with Gasteiger partial charge in [-0.15, -0.1) is 10.2 Å². The molecule has 9 nitrogen and oxygen atoms in total. The van der Waals surface area contributed by atoms with Gasteiger partial charge in [-0.05, 0) is 52.4 Å². The smallest absolute Gasteiger partial charge is 0.239 e. The van der Waals surface area contributed by atoms with Crippen molar-refractivity contribution in [3.05, 3.63) is 0 Å². The minimum Gasteiger partial charge on any atom is -0.376 e. The number of carbonyl (C=O) groups excluding carboxylic acids is 2. The van der Waals surface area contributed by atoms with Gasteiger partial charge in [0, 0.05) is 32.3 Å². The SMILES string of the molecule is CCN(CC(=O)NC(C)C)C(=O)CSc1nnc(N2CCC(C)CC2)n1CC1CCCO1. The van der Waals surface area contributed by atoms with E-state index in [1.807, 2.05) is 20.8 Å². The first kappa shape index (κ1) is 24.8. The largest absolute Gasteiger partial charge is 0.376 e.